The van der Waals surface area contributed by atoms with E-state index in [0.29, 0.717) is 29.7 Å². The molecule has 1 aliphatic rings. The molecule has 4 rings (SSSR count). The fourth-order valence-electron chi connectivity index (χ4n) is 3.59. The van der Waals surface area contributed by atoms with E-state index in [2.05, 4.69) is 10.3 Å². The van der Waals surface area contributed by atoms with Crippen molar-refractivity contribution in [3.63, 3.8) is 0 Å². The summed E-state index contributed by atoms with van der Waals surface area (Å²) in [5.74, 6) is 0.353. The van der Waals surface area contributed by atoms with Crippen molar-refractivity contribution in [2.45, 2.75) is 44.6 Å². The molecule has 1 amide bonds. The molecular formula is C24H27N3O4S2. The Morgan fingerprint density at radius 3 is 2.45 bits per heavy atom. The zero-order valence-electron chi connectivity index (χ0n) is 18.9. The van der Waals surface area contributed by atoms with E-state index in [1.165, 1.54) is 15.6 Å². The Balaban J connectivity index is 1.40. The maximum atomic E-state index is 12.7. The Kier molecular flexibility index (Phi) is 6.83. The molecule has 0 radical (unpaired) electrons. The van der Waals surface area contributed by atoms with Gasteiger partial charge in [-0.05, 0) is 69.0 Å². The summed E-state index contributed by atoms with van der Waals surface area (Å²) in [5, 5.41) is 5.08. The predicted octanol–water partition coefficient (Wildman–Crippen LogP) is 4.62. The first-order valence-corrected chi connectivity index (χ1v) is 13.2. The fraction of sp³-hybridized carbons (Fsp3) is 0.333. The normalized spacial score (nSPS) is 15.4. The number of benzene rings is 2. The largest absolute Gasteiger partial charge is 0.481 e. The minimum atomic E-state index is -3.44. The van der Waals surface area contributed by atoms with Gasteiger partial charge in [-0.1, -0.05) is 18.2 Å². The lowest BCUT2D eigenvalue weighted by molar-refractivity contribution is -0.122. The summed E-state index contributed by atoms with van der Waals surface area (Å²) in [6, 6.07) is 12.4. The minimum absolute atomic E-state index is 0.286. The molecule has 1 unspecified atom stereocenters. The van der Waals surface area contributed by atoms with Crippen LogP contribution in [-0.2, 0) is 14.8 Å². The molecule has 1 saturated heterocycles. The highest BCUT2D eigenvalue weighted by molar-refractivity contribution is 7.89. The molecule has 2 aromatic carbocycles. The fourth-order valence-corrected chi connectivity index (χ4v) is 5.83. The summed E-state index contributed by atoms with van der Waals surface area (Å²) in [4.78, 5) is 17.3. The van der Waals surface area contributed by atoms with Gasteiger partial charge in [0.25, 0.3) is 5.91 Å². The number of hydrogen-bond acceptors (Lipinski definition) is 6. The van der Waals surface area contributed by atoms with Crippen LogP contribution in [0.4, 0.5) is 5.13 Å². The average molecular weight is 486 g/mol. The lowest BCUT2D eigenvalue weighted by atomic mass is 10.1. The summed E-state index contributed by atoms with van der Waals surface area (Å²) < 4.78 is 32.7. The Labute approximate surface area is 198 Å². The summed E-state index contributed by atoms with van der Waals surface area (Å²) >= 11 is 1.31. The number of ether oxygens (including phenoxy) is 1. The molecule has 0 saturated carbocycles. The first kappa shape index (κ1) is 23.4. The van der Waals surface area contributed by atoms with Gasteiger partial charge in [-0.2, -0.15) is 4.31 Å². The predicted molar refractivity (Wildman–Crippen MR) is 130 cm³/mol. The lowest BCUT2D eigenvalue weighted by Gasteiger charge is -2.15. The number of nitrogens with one attached hydrogen (secondary N) is 1. The molecule has 0 aliphatic carbocycles. The summed E-state index contributed by atoms with van der Waals surface area (Å²) in [6.07, 6.45) is 1.12. The summed E-state index contributed by atoms with van der Waals surface area (Å²) in [6.45, 7) is 6.86. The van der Waals surface area contributed by atoms with Gasteiger partial charge >= 0.3 is 0 Å². The number of aromatic nitrogens is 1. The number of carbonyl (C=O) groups is 1. The second-order valence-corrected chi connectivity index (χ2v) is 11.0. The van der Waals surface area contributed by atoms with Gasteiger partial charge in [0.05, 0.1) is 10.6 Å². The van der Waals surface area contributed by atoms with Crippen molar-refractivity contribution in [1.82, 2.24) is 9.29 Å². The van der Waals surface area contributed by atoms with Gasteiger partial charge in [0.2, 0.25) is 10.0 Å². The number of amides is 1. The van der Waals surface area contributed by atoms with E-state index in [0.717, 1.165) is 29.5 Å². The average Bonchev–Trinajstić information content (AvgIpc) is 3.49. The second kappa shape index (κ2) is 9.62. The summed E-state index contributed by atoms with van der Waals surface area (Å²) in [7, 11) is -3.44. The smallest absolute Gasteiger partial charge is 0.266 e. The number of aryl methyl sites for hydroxylation is 2. The van der Waals surface area contributed by atoms with Gasteiger partial charge in [-0.3, -0.25) is 10.1 Å². The van der Waals surface area contributed by atoms with Gasteiger partial charge in [-0.25, -0.2) is 13.4 Å². The van der Waals surface area contributed by atoms with E-state index in [4.69, 9.17) is 4.74 Å². The number of carbonyl (C=O) groups excluding carboxylic acids is 1. The van der Waals surface area contributed by atoms with E-state index in [1.54, 1.807) is 31.2 Å². The third-order valence-corrected chi connectivity index (χ3v) is 8.42. The van der Waals surface area contributed by atoms with Crippen LogP contribution in [-0.4, -0.2) is 42.8 Å². The standard InChI is InChI=1S/C24H27N3O4S2/c1-16-6-9-20(14-17(16)2)31-18(3)23(28)26-24-25-22(15-32-24)19-7-10-21(11-8-19)33(29,30)27-12-4-5-13-27/h6-11,14-15,18H,4-5,12-13H2,1-3H3,(H,25,26,28). The maximum Gasteiger partial charge on any atom is 0.266 e. The Morgan fingerprint density at radius 2 is 1.79 bits per heavy atom. The van der Waals surface area contributed by atoms with Gasteiger partial charge in [-0.15, -0.1) is 11.3 Å². The van der Waals surface area contributed by atoms with Crippen LogP contribution in [0, 0.1) is 13.8 Å². The molecule has 1 fully saturated rings. The van der Waals surface area contributed by atoms with Crippen molar-refractivity contribution < 1.29 is 17.9 Å². The van der Waals surface area contributed by atoms with E-state index in [-0.39, 0.29) is 10.8 Å². The third-order valence-electron chi connectivity index (χ3n) is 5.75. The molecule has 33 heavy (non-hydrogen) atoms. The van der Waals surface area contributed by atoms with Crippen molar-refractivity contribution in [2.75, 3.05) is 18.4 Å². The molecule has 3 aromatic rings. The van der Waals surface area contributed by atoms with Crippen molar-refractivity contribution >= 4 is 32.4 Å². The summed E-state index contributed by atoms with van der Waals surface area (Å²) in [5.41, 5.74) is 3.72. The Hall–Kier alpha value is -2.75. The third kappa shape index (κ3) is 5.26. The molecule has 1 aromatic heterocycles. The lowest BCUT2D eigenvalue weighted by Crippen LogP contribution is -2.30. The molecule has 174 valence electrons. The minimum Gasteiger partial charge on any atom is -0.481 e. The zero-order chi connectivity index (χ0) is 23.6. The molecule has 0 spiro atoms. The number of anilines is 1. The van der Waals surface area contributed by atoms with Gasteiger partial charge in [0.1, 0.15) is 5.75 Å². The number of nitrogens with zero attached hydrogens (tertiary/aromatic N) is 2. The van der Waals surface area contributed by atoms with Crippen molar-refractivity contribution in [3.05, 3.63) is 59.0 Å². The Morgan fingerprint density at radius 1 is 1.09 bits per heavy atom. The van der Waals surface area contributed by atoms with E-state index < -0.39 is 16.1 Å². The molecule has 1 atom stereocenters. The number of thiazole rings is 1. The number of hydrogen-bond donors (Lipinski definition) is 1. The first-order valence-electron chi connectivity index (χ1n) is 10.8. The molecule has 9 heteroatoms. The quantitative estimate of drug-likeness (QED) is 0.528. The van der Waals surface area contributed by atoms with Crippen LogP contribution < -0.4 is 10.1 Å². The van der Waals surface area contributed by atoms with Crippen LogP contribution in [0.15, 0.2) is 52.7 Å². The van der Waals surface area contributed by atoms with Gasteiger partial charge < -0.3 is 4.74 Å². The highest BCUT2D eigenvalue weighted by Gasteiger charge is 2.27. The highest BCUT2D eigenvalue weighted by Crippen LogP contribution is 2.28. The monoisotopic (exact) mass is 485 g/mol. The van der Waals surface area contributed by atoms with Gasteiger partial charge in [0.15, 0.2) is 11.2 Å². The topological polar surface area (TPSA) is 88.6 Å². The zero-order valence-corrected chi connectivity index (χ0v) is 20.5. The van der Waals surface area contributed by atoms with Gasteiger partial charge in [0, 0.05) is 24.0 Å². The van der Waals surface area contributed by atoms with Crippen LogP contribution in [0.2, 0.25) is 0 Å². The molecule has 1 N–H and O–H groups in total. The van der Waals surface area contributed by atoms with Crippen LogP contribution in [0.5, 0.6) is 5.75 Å². The maximum absolute atomic E-state index is 12.7. The molecule has 1 aliphatic heterocycles. The molecule has 0 bridgehead atoms. The number of sulfonamides is 1. The van der Waals surface area contributed by atoms with E-state index in [9.17, 15) is 13.2 Å². The van der Waals surface area contributed by atoms with E-state index >= 15 is 0 Å². The van der Waals surface area contributed by atoms with E-state index in [1.807, 2.05) is 37.4 Å². The van der Waals surface area contributed by atoms with Crippen molar-refractivity contribution in [3.8, 4) is 17.0 Å². The first-order chi connectivity index (χ1) is 15.7. The van der Waals surface area contributed by atoms with Crippen LogP contribution in [0.1, 0.15) is 30.9 Å². The Bertz CT molecular complexity index is 1250. The van der Waals surface area contributed by atoms with Crippen LogP contribution in [0.25, 0.3) is 11.3 Å². The van der Waals surface area contributed by atoms with Crippen LogP contribution >= 0.6 is 11.3 Å². The molecule has 2 heterocycles. The second-order valence-electron chi connectivity index (χ2n) is 8.17. The SMILES string of the molecule is Cc1ccc(OC(C)C(=O)Nc2nc(-c3ccc(S(=O)(=O)N4CCCC4)cc3)cs2)cc1C. The van der Waals surface area contributed by atoms with Crippen molar-refractivity contribution in [2.24, 2.45) is 0 Å². The molecule has 7 nitrogen and oxygen atoms in total. The highest BCUT2D eigenvalue weighted by atomic mass is 32.2. The molecular weight excluding hydrogens is 458 g/mol. The van der Waals surface area contributed by atoms with Crippen molar-refractivity contribution in [1.29, 1.82) is 0 Å². The number of rotatable bonds is 7. The van der Waals surface area contributed by atoms with Crippen LogP contribution in [0.3, 0.4) is 0 Å².